The lowest BCUT2D eigenvalue weighted by atomic mass is 10.2. The van der Waals surface area contributed by atoms with Crippen LogP contribution in [0.15, 0.2) is 18.2 Å². The maximum Gasteiger partial charge on any atom is 0.318 e. The lowest BCUT2D eigenvalue weighted by Gasteiger charge is -2.19. The SMILES string of the molecule is COc1ccc(C=S(SC(CC(=O)O)C(=O)O)C(CC(=O)O)C(=O)O)cc1OC. The molecule has 160 valence electrons. The summed E-state index contributed by atoms with van der Waals surface area (Å²) in [5.74, 6) is -4.87. The Morgan fingerprint density at radius 3 is 2.00 bits per heavy atom. The highest BCUT2D eigenvalue weighted by molar-refractivity contribution is 8.84. The van der Waals surface area contributed by atoms with E-state index in [1.54, 1.807) is 12.1 Å². The lowest BCUT2D eigenvalue weighted by Crippen LogP contribution is -2.25. The number of rotatable bonds is 12. The summed E-state index contributed by atoms with van der Waals surface area (Å²) in [7, 11) is 1.95. The predicted octanol–water partition coefficient (Wildman–Crippen LogP) is 1.63. The molecule has 0 saturated heterocycles. The molecule has 0 aliphatic heterocycles. The second-order valence-corrected chi connectivity index (χ2v) is 9.46. The van der Waals surface area contributed by atoms with Crippen LogP contribution in [-0.2, 0) is 19.2 Å². The van der Waals surface area contributed by atoms with E-state index in [0.717, 1.165) is 0 Å². The summed E-state index contributed by atoms with van der Waals surface area (Å²) < 4.78 is 10.3. The van der Waals surface area contributed by atoms with Crippen molar-refractivity contribution in [1.29, 1.82) is 0 Å². The molecule has 0 aliphatic carbocycles. The summed E-state index contributed by atoms with van der Waals surface area (Å²) in [6.07, 6.45) is -1.50. The first kappa shape index (κ1) is 24.3. The number of hydrogen-bond acceptors (Lipinski definition) is 7. The number of ether oxygens (including phenoxy) is 2. The molecule has 0 radical (unpaired) electrons. The van der Waals surface area contributed by atoms with Crippen LogP contribution in [0.25, 0.3) is 0 Å². The highest BCUT2D eigenvalue weighted by Gasteiger charge is 2.31. The zero-order valence-corrected chi connectivity index (χ0v) is 17.1. The molecule has 0 amide bonds. The molecule has 0 aromatic heterocycles. The average molecular weight is 448 g/mol. The quantitative estimate of drug-likeness (QED) is 0.271. The maximum atomic E-state index is 11.7. The van der Waals surface area contributed by atoms with E-state index in [9.17, 15) is 29.4 Å². The number of hydrogen-bond donors (Lipinski definition) is 4. The molecule has 3 atom stereocenters. The molecular formula is C17H20O10S2. The van der Waals surface area contributed by atoms with E-state index in [-0.39, 0.29) is 0 Å². The van der Waals surface area contributed by atoms with Gasteiger partial charge >= 0.3 is 23.9 Å². The summed E-state index contributed by atoms with van der Waals surface area (Å²) in [6, 6.07) is 4.64. The molecule has 0 spiro atoms. The third-order valence-corrected chi connectivity index (χ3v) is 8.04. The van der Waals surface area contributed by atoms with Crippen LogP contribution in [0.3, 0.4) is 0 Å². The van der Waals surface area contributed by atoms with Gasteiger partial charge in [0.1, 0.15) is 10.5 Å². The third kappa shape index (κ3) is 7.66. The third-order valence-electron chi connectivity index (χ3n) is 3.44. The summed E-state index contributed by atoms with van der Waals surface area (Å²) in [5, 5.41) is 35.3. The van der Waals surface area contributed by atoms with E-state index in [2.05, 4.69) is 0 Å². The van der Waals surface area contributed by atoms with E-state index in [0.29, 0.717) is 27.9 Å². The van der Waals surface area contributed by atoms with Crippen LogP contribution in [0.2, 0.25) is 0 Å². The number of carbonyl (C=O) groups is 4. The normalized spacial score (nSPS) is 13.9. The first-order chi connectivity index (χ1) is 13.6. The fraction of sp³-hybridized carbons (Fsp3) is 0.353. The Balaban J connectivity index is 3.46. The Bertz CT molecular complexity index is 820. The van der Waals surface area contributed by atoms with Crippen LogP contribution >= 0.6 is 20.3 Å². The second-order valence-electron chi connectivity index (χ2n) is 5.51. The Hall–Kier alpha value is -2.73. The van der Waals surface area contributed by atoms with Gasteiger partial charge in [0.2, 0.25) is 0 Å². The van der Waals surface area contributed by atoms with E-state index < -0.39 is 56.7 Å². The van der Waals surface area contributed by atoms with Crippen molar-refractivity contribution in [2.24, 2.45) is 0 Å². The summed E-state index contributed by atoms with van der Waals surface area (Å²) in [5.41, 5.74) is 0.439. The molecule has 1 rings (SSSR count). The molecule has 0 heterocycles. The Morgan fingerprint density at radius 2 is 1.55 bits per heavy atom. The maximum absolute atomic E-state index is 11.7. The molecule has 0 fully saturated rings. The number of carboxylic acids is 4. The number of benzene rings is 1. The van der Waals surface area contributed by atoms with Gasteiger partial charge in [0.25, 0.3) is 0 Å². The topological polar surface area (TPSA) is 168 Å². The molecule has 1 aromatic rings. The molecule has 3 unspecified atom stereocenters. The van der Waals surface area contributed by atoms with Crippen LogP contribution < -0.4 is 9.47 Å². The Kier molecular flexibility index (Phi) is 9.48. The van der Waals surface area contributed by atoms with Crippen LogP contribution in [0, 0.1) is 0 Å². The molecular weight excluding hydrogens is 428 g/mol. The second kappa shape index (κ2) is 11.3. The van der Waals surface area contributed by atoms with Crippen LogP contribution in [0.5, 0.6) is 11.5 Å². The number of aliphatic carboxylic acids is 4. The van der Waals surface area contributed by atoms with Gasteiger partial charge in [-0.1, -0.05) is 16.9 Å². The minimum Gasteiger partial charge on any atom is -0.493 e. The molecule has 4 N–H and O–H groups in total. The molecule has 10 nitrogen and oxygen atoms in total. The van der Waals surface area contributed by atoms with Crippen molar-refractivity contribution in [3.63, 3.8) is 0 Å². The lowest BCUT2D eigenvalue weighted by molar-refractivity contribution is -0.143. The van der Waals surface area contributed by atoms with E-state index in [1.165, 1.54) is 25.7 Å². The van der Waals surface area contributed by atoms with Crippen molar-refractivity contribution >= 4 is 49.6 Å². The van der Waals surface area contributed by atoms with Gasteiger partial charge in [0.05, 0.1) is 27.1 Å². The molecule has 0 bridgehead atoms. The van der Waals surface area contributed by atoms with Gasteiger partial charge < -0.3 is 29.9 Å². The first-order valence-electron chi connectivity index (χ1n) is 7.94. The summed E-state index contributed by atoms with van der Waals surface area (Å²) >= 11 is 0. The average Bonchev–Trinajstić information content (AvgIpc) is 2.63. The zero-order chi connectivity index (χ0) is 22.1. The molecule has 29 heavy (non-hydrogen) atoms. The van der Waals surface area contributed by atoms with Crippen molar-refractivity contribution < 1.29 is 49.1 Å². The van der Waals surface area contributed by atoms with Gasteiger partial charge in [-0.25, -0.2) is 0 Å². The minimum atomic E-state index is -1.48. The summed E-state index contributed by atoms with van der Waals surface area (Å²) in [6.45, 7) is 0. The fourth-order valence-corrected chi connectivity index (χ4v) is 6.56. The zero-order valence-electron chi connectivity index (χ0n) is 15.4. The van der Waals surface area contributed by atoms with Crippen molar-refractivity contribution in [2.45, 2.75) is 23.3 Å². The van der Waals surface area contributed by atoms with Crippen molar-refractivity contribution in [3.8, 4) is 11.5 Å². The van der Waals surface area contributed by atoms with Gasteiger partial charge in [0.15, 0.2) is 11.5 Å². The molecule has 1 aromatic carbocycles. The first-order valence-corrected chi connectivity index (χ1v) is 10.7. The number of carboxylic acid groups (broad SMARTS) is 4. The van der Waals surface area contributed by atoms with Gasteiger partial charge in [-0.15, -0.1) is 9.52 Å². The van der Waals surface area contributed by atoms with Gasteiger partial charge in [-0.3, -0.25) is 19.2 Å². The Labute approximate surface area is 171 Å². The van der Waals surface area contributed by atoms with Crippen LogP contribution in [-0.4, -0.2) is 74.4 Å². The summed E-state index contributed by atoms with van der Waals surface area (Å²) in [4.78, 5) is 45.2. The molecule has 0 aliphatic rings. The Morgan fingerprint density at radius 1 is 0.966 bits per heavy atom. The van der Waals surface area contributed by atoms with Crippen molar-refractivity contribution in [1.82, 2.24) is 0 Å². The van der Waals surface area contributed by atoms with Crippen LogP contribution in [0.1, 0.15) is 18.4 Å². The van der Waals surface area contributed by atoms with Crippen molar-refractivity contribution in [3.05, 3.63) is 23.8 Å². The van der Waals surface area contributed by atoms with Crippen LogP contribution in [0.4, 0.5) is 0 Å². The predicted molar refractivity (Wildman–Crippen MR) is 107 cm³/mol. The molecule has 0 saturated carbocycles. The largest absolute Gasteiger partial charge is 0.493 e. The van der Waals surface area contributed by atoms with E-state index >= 15 is 0 Å². The smallest absolute Gasteiger partial charge is 0.318 e. The van der Waals surface area contributed by atoms with E-state index in [1.807, 2.05) is 0 Å². The standard InChI is InChI=1S/C17H20O10S2/c1-26-10-4-3-9(5-11(10)27-2)8-29(13(17(24)25)7-15(20)21)28-12(16(22)23)6-14(18)19/h3-5,8,12-13H,6-7H2,1-2H3,(H,18,19)(H,20,21)(H,22,23)(H,24,25). The fourth-order valence-electron chi connectivity index (χ4n) is 2.12. The van der Waals surface area contributed by atoms with Crippen molar-refractivity contribution in [2.75, 3.05) is 14.2 Å². The van der Waals surface area contributed by atoms with Gasteiger partial charge in [0, 0.05) is 0 Å². The monoisotopic (exact) mass is 448 g/mol. The highest BCUT2D eigenvalue weighted by Crippen LogP contribution is 2.42. The van der Waals surface area contributed by atoms with Gasteiger partial charge in [-0.2, -0.15) is 0 Å². The van der Waals surface area contributed by atoms with Gasteiger partial charge in [-0.05, 0) is 23.1 Å². The minimum absolute atomic E-state index is 0.334. The number of methoxy groups -OCH3 is 2. The molecule has 12 heteroatoms. The van der Waals surface area contributed by atoms with E-state index in [4.69, 9.17) is 19.7 Å². The highest BCUT2D eigenvalue weighted by atomic mass is 33.1.